The fraction of sp³-hybridized carbons (Fsp3) is 0.116. The van der Waals surface area contributed by atoms with Crippen LogP contribution in [-0.4, -0.2) is 31.3 Å². The molecule has 0 saturated carbocycles. The van der Waals surface area contributed by atoms with Crippen molar-refractivity contribution >= 4 is 22.7 Å². The van der Waals surface area contributed by atoms with Crippen LogP contribution < -0.4 is 10.9 Å². The monoisotopic (exact) mass is 581 g/mol. The van der Waals surface area contributed by atoms with Crippen LogP contribution in [0.15, 0.2) is 169 Å². The van der Waals surface area contributed by atoms with Gasteiger partial charge < -0.3 is 4.39 Å². The van der Waals surface area contributed by atoms with Crippen molar-refractivity contribution in [1.29, 1.82) is 0 Å². The maximum atomic E-state index is 2.45. The van der Waals surface area contributed by atoms with Crippen molar-refractivity contribution < 1.29 is 4.39 Å². The highest BCUT2D eigenvalue weighted by Crippen LogP contribution is 2.40. The Hall–Kier alpha value is -4.92. The zero-order chi connectivity index (χ0) is 30.9. The molecule has 0 N–H and O–H groups in total. The molecule has 0 bridgehead atoms. The van der Waals surface area contributed by atoms with E-state index in [1.807, 2.05) is 0 Å². The molecule has 0 atom stereocenters. The summed E-state index contributed by atoms with van der Waals surface area (Å²) in [5.74, 6) is 0. The molecule has 0 unspecified atom stereocenters. The normalized spacial score (nSPS) is 15.5. The number of quaternary nitrogens is 1. The first-order valence-electron chi connectivity index (χ1n) is 16.1. The SMILES string of the molecule is CC1=C(c2ccc(-c3ccccc3)cc2)[B-](c2ccc(-c3ccccc3)cc2)(c2ccc(-c3ccccc3)cc2)[N+](C)(C)CC1. The lowest BCUT2D eigenvalue weighted by atomic mass is 9.19. The number of rotatable bonds is 6. The second-order valence-electron chi connectivity index (χ2n) is 13.2. The summed E-state index contributed by atoms with van der Waals surface area (Å²) in [6.07, 6.45) is -0.322. The van der Waals surface area contributed by atoms with Gasteiger partial charge in [0.2, 0.25) is 0 Å². The van der Waals surface area contributed by atoms with Crippen molar-refractivity contribution in [2.24, 2.45) is 0 Å². The molecule has 6 aromatic carbocycles. The van der Waals surface area contributed by atoms with E-state index in [4.69, 9.17) is 0 Å². The smallest absolute Gasteiger partial charge is 0.291 e. The molecule has 1 aliphatic heterocycles. The average Bonchev–Trinajstić information content (AvgIpc) is 3.11. The summed E-state index contributed by atoms with van der Waals surface area (Å²) >= 11 is 0. The molecule has 0 spiro atoms. The van der Waals surface area contributed by atoms with Gasteiger partial charge in [-0.25, -0.2) is 0 Å². The highest BCUT2D eigenvalue weighted by Gasteiger charge is 2.50. The van der Waals surface area contributed by atoms with Gasteiger partial charge in [0, 0.05) is 27.1 Å². The van der Waals surface area contributed by atoms with Gasteiger partial charge in [-0.3, -0.25) is 0 Å². The zero-order valence-electron chi connectivity index (χ0n) is 26.5. The molecule has 1 nitrogen and oxygen atoms in total. The van der Waals surface area contributed by atoms with Crippen LogP contribution in [0.3, 0.4) is 0 Å². The third-order valence-electron chi connectivity index (χ3n) is 10.3. The van der Waals surface area contributed by atoms with Gasteiger partial charge in [-0.1, -0.05) is 175 Å². The minimum Gasteiger partial charge on any atom is -0.509 e. The summed E-state index contributed by atoms with van der Waals surface area (Å²) in [7, 11) is 4.89. The van der Waals surface area contributed by atoms with Crippen molar-refractivity contribution in [3.8, 4) is 33.4 Å². The Morgan fingerprint density at radius 3 is 1.09 bits per heavy atom. The molecule has 0 amide bonds. The minimum atomic E-state index is -1.40. The summed E-state index contributed by atoms with van der Waals surface area (Å²) in [4.78, 5) is 0. The van der Waals surface area contributed by atoms with Crippen molar-refractivity contribution in [2.75, 3.05) is 20.6 Å². The quantitative estimate of drug-likeness (QED) is 0.172. The largest absolute Gasteiger partial charge is 0.509 e. The van der Waals surface area contributed by atoms with Crippen LogP contribution in [0.2, 0.25) is 0 Å². The minimum absolute atomic E-state index is 0.891. The van der Waals surface area contributed by atoms with E-state index in [2.05, 4.69) is 185 Å². The first-order chi connectivity index (χ1) is 22.0. The molecule has 0 aliphatic carbocycles. The Kier molecular flexibility index (Phi) is 7.61. The second kappa shape index (κ2) is 11.9. The van der Waals surface area contributed by atoms with Crippen molar-refractivity contribution in [3.63, 3.8) is 0 Å². The Balaban J connectivity index is 1.44. The molecule has 0 radical (unpaired) electrons. The van der Waals surface area contributed by atoms with Crippen molar-refractivity contribution in [3.05, 3.63) is 175 Å². The van der Waals surface area contributed by atoms with Gasteiger partial charge in [0.25, 0.3) is 6.28 Å². The Bertz CT molecular complexity index is 1840. The van der Waals surface area contributed by atoms with E-state index < -0.39 is 6.28 Å². The Labute approximate surface area is 268 Å². The lowest BCUT2D eigenvalue weighted by Crippen LogP contribution is -2.79. The van der Waals surface area contributed by atoms with Gasteiger partial charge in [0.05, 0.1) is 0 Å². The molecule has 220 valence electrons. The van der Waals surface area contributed by atoms with Crippen LogP contribution in [0.4, 0.5) is 0 Å². The van der Waals surface area contributed by atoms with Gasteiger partial charge >= 0.3 is 0 Å². The molecule has 1 heterocycles. The van der Waals surface area contributed by atoms with Crippen LogP contribution in [-0.2, 0) is 0 Å². The van der Waals surface area contributed by atoms with Crippen LogP contribution in [0.5, 0.6) is 0 Å². The third kappa shape index (κ3) is 5.16. The molecule has 0 saturated heterocycles. The average molecular weight is 582 g/mol. The fourth-order valence-electron chi connectivity index (χ4n) is 7.95. The van der Waals surface area contributed by atoms with E-state index in [1.54, 1.807) is 0 Å². The first-order valence-corrected chi connectivity index (χ1v) is 16.1. The lowest BCUT2D eigenvalue weighted by Gasteiger charge is -2.61. The molecule has 1 aliphatic rings. The van der Waals surface area contributed by atoms with E-state index in [9.17, 15) is 0 Å². The van der Waals surface area contributed by atoms with Crippen LogP contribution in [0, 0.1) is 0 Å². The predicted octanol–water partition coefficient (Wildman–Crippen LogP) is 9.24. The predicted molar refractivity (Wildman–Crippen MR) is 195 cm³/mol. The second-order valence-corrected chi connectivity index (χ2v) is 13.2. The summed E-state index contributed by atoms with van der Waals surface area (Å²) < 4.78 is 0.891. The van der Waals surface area contributed by atoms with Gasteiger partial charge in [-0.15, -0.1) is 16.4 Å². The van der Waals surface area contributed by atoms with E-state index >= 15 is 0 Å². The van der Waals surface area contributed by atoms with E-state index in [0.717, 1.165) is 17.4 Å². The summed E-state index contributed by atoms with van der Waals surface area (Å²) in [5.41, 5.74) is 14.5. The zero-order valence-corrected chi connectivity index (χ0v) is 26.5. The number of benzene rings is 6. The van der Waals surface area contributed by atoms with E-state index in [1.165, 1.54) is 60.9 Å². The van der Waals surface area contributed by atoms with Crippen molar-refractivity contribution in [1.82, 2.24) is 0 Å². The number of hydrogen-bond acceptors (Lipinski definition) is 0. The summed E-state index contributed by atoms with van der Waals surface area (Å²) in [6.45, 7) is 3.45. The molecule has 0 aromatic heterocycles. The van der Waals surface area contributed by atoms with Crippen LogP contribution in [0.1, 0.15) is 18.9 Å². The van der Waals surface area contributed by atoms with Crippen molar-refractivity contribution in [2.45, 2.75) is 13.3 Å². The standard InChI is InChI=1S/C43H40BN/c1-33-31-32-45(2,3)44(41-27-23-38(24-28-41)35-15-9-5-10-16-35,42-29-25-39(26-30-42)36-17-11-6-12-18-36)43(33)40-21-19-37(20-22-40)34-13-7-4-8-14-34/h4-30H,31-32H2,1-3H3. The molecular formula is C43H40BN. The lowest BCUT2D eigenvalue weighted by molar-refractivity contribution is -0.787. The summed E-state index contributed by atoms with van der Waals surface area (Å²) in [6, 6.07) is 60.4. The van der Waals surface area contributed by atoms with Gasteiger partial charge in [0.1, 0.15) is 0 Å². The Morgan fingerprint density at radius 2 is 0.711 bits per heavy atom. The highest BCUT2D eigenvalue weighted by atomic mass is 15.3. The molecule has 6 aromatic rings. The highest BCUT2D eigenvalue weighted by molar-refractivity contribution is 7.10. The fourth-order valence-corrected chi connectivity index (χ4v) is 7.95. The van der Waals surface area contributed by atoms with Crippen LogP contribution >= 0.6 is 0 Å². The van der Waals surface area contributed by atoms with Gasteiger partial charge in [-0.2, -0.15) is 0 Å². The van der Waals surface area contributed by atoms with Gasteiger partial charge in [-0.05, 0) is 40.3 Å². The Morgan fingerprint density at radius 1 is 0.400 bits per heavy atom. The first kappa shape index (κ1) is 28.8. The topological polar surface area (TPSA) is 0 Å². The number of hydrogen-bond donors (Lipinski definition) is 0. The van der Waals surface area contributed by atoms with Crippen LogP contribution in [0.25, 0.3) is 38.9 Å². The third-order valence-corrected chi connectivity index (χ3v) is 10.3. The molecule has 0 fully saturated rings. The number of nitrogens with zero attached hydrogens (tertiary/aromatic N) is 1. The molecule has 45 heavy (non-hydrogen) atoms. The van der Waals surface area contributed by atoms with Gasteiger partial charge in [0.15, 0.2) is 0 Å². The molecule has 2 heteroatoms. The van der Waals surface area contributed by atoms with E-state index in [0.29, 0.717) is 0 Å². The molecular weight excluding hydrogens is 541 g/mol. The van der Waals surface area contributed by atoms with E-state index in [-0.39, 0.29) is 0 Å². The maximum Gasteiger partial charge on any atom is 0.291 e. The molecule has 7 rings (SSSR count). The maximum absolute atomic E-state index is 2.45. The summed E-state index contributed by atoms with van der Waals surface area (Å²) in [5, 5.41) is 0.